The molecule has 0 unspecified atom stereocenters. The van der Waals surface area contributed by atoms with E-state index in [1.54, 1.807) is 17.9 Å². The lowest BCUT2D eigenvalue weighted by Gasteiger charge is -2.31. The number of carbonyl (C=O) groups is 2. The van der Waals surface area contributed by atoms with E-state index >= 15 is 0 Å². The van der Waals surface area contributed by atoms with Crippen LogP contribution in [0.25, 0.3) is 0 Å². The van der Waals surface area contributed by atoms with Gasteiger partial charge in [0.15, 0.2) is 0 Å². The predicted molar refractivity (Wildman–Crippen MR) is 110 cm³/mol. The van der Waals surface area contributed by atoms with Crippen LogP contribution in [0.5, 0.6) is 0 Å². The molecule has 1 fully saturated rings. The summed E-state index contributed by atoms with van der Waals surface area (Å²) in [4.78, 5) is 34.2. The maximum Gasteiger partial charge on any atom is 0.409 e. The zero-order chi connectivity index (χ0) is 20.5. The third-order valence-corrected chi connectivity index (χ3v) is 4.82. The van der Waals surface area contributed by atoms with Crippen LogP contribution in [-0.4, -0.2) is 59.2 Å². The molecule has 29 heavy (non-hydrogen) atoms. The molecule has 0 atom stereocenters. The molecule has 8 nitrogen and oxygen atoms in total. The molecule has 2 aromatic rings. The molecule has 1 saturated heterocycles. The number of ether oxygens (including phenoxy) is 1. The number of aromatic nitrogens is 2. The van der Waals surface area contributed by atoms with Crippen molar-refractivity contribution >= 4 is 17.8 Å². The lowest BCUT2D eigenvalue weighted by atomic mass is 10.1. The second-order valence-corrected chi connectivity index (χ2v) is 6.88. The average molecular weight is 397 g/mol. The Bertz CT molecular complexity index is 807. The lowest BCUT2D eigenvalue weighted by molar-refractivity contribution is 0.0856. The Morgan fingerprint density at radius 2 is 1.93 bits per heavy atom. The van der Waals surface area contributed by atoms with E-state index in [4.69, 9.17) is 4.74 Å². The third kappa shape index (κ3) is 6.17. The van der Waals surface area contributed by atoms with E-state index in [0.29, 0.717) is 50.6 Å². The second kappa shape index (κ2) is 10.4. The average Bonchev–Trinajstić information content (AvgIpc) is 2.75. The number of amides is 2. The van der Waals surface area contributed by atoms with Gasteiger partial charge in [0.2, 0.25) is 0 Å². The van der Waals surface area contributed by atoms with Gasteiger partial charge in [-0.2, -0.15) is 0 Å². The molecule has 3 rings (SSSR count). The molecule has 1 aliphatic rings. The van der Waals surface area contributed by atoms with E-state index < -0.39 is 0 Å². The highest BCUT2D eigenvalue weighted by Crippen LogP contribution is 2.13. The van der Waals surface area contributed by atoms with Crippen molar-refractivity contribution in [1.29, 1.82) is 0 Å². The van der Waals surface area contributed by atoms with Crippen molar-refractivity contribution in [3.05, 3.63) is 54.0 Å². The molecule has 2 N–H and O–H groups in total. The predicted octanol–water partition coefficient (Wildman–Crippen LogP) is 2.48. The minimum atomic E-state index is -0.292. The Kier molecular flexibility index (Phi) is 7.38. The fraction of sp³-hybridized carbons (Fsp3) is 0.429. The SMILES string of the molecule is CCOC(=O)N1CCC(NC(=O)c2cc(NCCc3ccccc3)ncn2)CC1. The van der Waals surface area contributed by atoms with Crippen LogP contribution in [0.4, 0.5) is 10.6 Å². The lowest BCUT2D eigenvalue weighted by Crippen LogP contribution is -2.46. The normalized spacial score (nSPS) is 14.3. The molecule has 0 radical (unpaired) electrons. The van der Waals surface area contributed by atoms with Gasteiger partial charge >= 0.3 is 6.09 Å². The van der Waals surface area contributed by atoms with Gasteiger partial charge in [-0.25, -0.2) is 14.8 Å². The van der Waals surface area contributed by atoms with Gasteiger partial charge in [0.05, 0.1) is 6.61 Å². The fourth-order valence-corrected chi connectivity index (χ4v) is 3.24. The Hall–Kier alpha value is -3.16. The summed E-state index contributed by atoms with van der Waals surface area (Å²) in [5.74, 6) is 0.395. The van der Waals surface area contributed by atoms with Crippen LogP contribution in [0.1, 0.15) is 35.8 Å². The molecule has 1 aliphatic heterocycles. The first-order chi connectivity index (χ1) is 14.2. The van der Waals surface area contributed by atoms with Crippen LogP contribution in [-0.2, 0) is 11.2 Å². The number of benzene rings is 1. The summed E-state index contributed by atoms with van der Waals surface area (Å²) in [6.45, 7) is 4.01. The molecule has 2 amide bonds. The van der Waals surface area contributed by atoms with E-state index in [1.807, 2.05) is 18.2 Å². The van der Waals surface area contributed by atoms with Crippen molar-refractivity contribution in [2.75, 3.05) is 31.6 Å². The first kappa shape index (κ1) is 20.6. The summed E-state index contributed by atoms with van der Waals surface area (Å²) in [6, 6.07) is 11.8. The van der Waals surface area contributed by atoms with E-state index in [2.05, 4.69) is 32.7 Å². The van der Waals surface area contributed by atoms with Gasteiger partial charge in [0.25, 0.3) is 5.91 Å². The van der Waals surface area contributed by atoms with E-state index in [-0.39, 0.29) is 18.0 Å². The molecule has 1 aromatic carbocycles. The summed E-state index contributed by atoms with van der Waals surface area (Å²) in [5, 5.41) is 6.23. The second-order valence-electron chi connectivity index (χ2n) is 6.88. The molecular weight excluding hydrogens is 370 g/mol. The smallest absolute Gasteiger partial charge is 0.409 e. The number of piperidine rings is 1. The number of carbonyl (C=O) groups excluding carboxylic acids is 2. The van der Waals surface area contributed by atoms with Crippen molar-refractivity contribution in [2.24, 2.45) is 0 Å². The Morgan fingerprint density at radius 1 is 1.17 bits per heavy atom. The zero-order valence-electron chi connectivity index (χ0n) is 16.6. The zero-order valence-corrected chi connectivity index (χ0v) is 16.6. The van der Waals surface area contributed by atoms with E-state index in [0.717, 1.165) is 6.42 Å². The summed E-state index contributed by atoms with van der Waals surface area (Å²) in [5.41, 5.74) is 1.57. The molecular formula is C21H27N5O3. The molecule has 0 aliphatic carbocycles. The Morgan fingerprint density at radius 3 is 2.66 bits per heavy atom. The van der Waals surface area contributed by atoms with Crippen LogP contribution < -0.4 is 10.6 Å². The molecule has 0 spiro atoms. The number of nitrogens with one attached hydrogen (secondary N) is 2. The molecule has 154 valence electrons. The quantitative estimate of drug-likeness (QED) is 0.745. The maximum absolute atomic E-state index is 12.5. The number of likely N-dealkylation sites (tertiary alicyclic amines) is 1. The monoisotopic (exact) mass is 397 g/mol. The summed E-state index contributed by atoms with van der Waals surface area (Å²) in [7, 11) is 0. The number of nitrogens with zero attached hydrogens (tertiary/aromatic N) is 3. The summed E-state index contributed by atoms with van der Waals surface area (Å²) >= 11 is 0. The topological polar surface area (TPSA) is 96.5 Å². The minimum absolute atomic E-state index is 0.0117. The van der Waals surface area contributed by atoms with Crippen molar-refractivity contribution in [1.82, 2.24) is 20.2 Å². The van der Waals surface area contributed by atoms with Gasteiger partial charge in [0, 0.05) is 31.7 Å². The van der Waals surface area contributed by atoms with Crippen molar-refractivity contribution in [3.63, 3.8) is 0 Å². The van der Waals surface area contributed by atoms with Crippen molar-refractivity contribution < 1.29 is 14.3 Å². The minimum Gasteiger partial charge on any atom is -0.450 e. The van der Waals surface area contributed by atoms with Gasteiger partial charge in [-0.1, -0.05) is 30.3 Å². The highest BCUT2D eigenvalue weighted by atomic mass is 16.6. The van der Waals surface area contributed by atoms with Crippen LogP contribution in [0.2, 0.25) is 0 Å². The fourth-order valence-electron chi connectivity index (χ4n) is 3.24. The first-order valence-electron chi connectivity index (χ1n) is 9.98. The molecule has 2 heterocycles. The largest absolute Gasteiger partial charge is 0.450 e. The van der Waals surface area contributed by atoms with Gasteiger partial charge in [-0.3, -0.25) is 4.79 Å². The van der Waals surface area contributed by atoms with Crippen molar-refractivity contribution in [3.8, 4) is 0 Å². The Balaban J connectivity index is 1.46. The number of anilines is 1. The van der Waals surface area contributed by atoms with E-state index in [1.165, 1.54) is 11.9 Å². The first-order valence-corrected chi connectivity index (χ1v) is 9.98. The summed E-state index contributed by atoms with van der Waals surface area (Å²) in [6.07, 6.45) is 3.35. The highest BCUT2D eigenvalue weighted by Gasteiger charge is 2.25. The van der Waals surface area contributed by atoms with Gasteiger partial charge in [0.1, 0.15) is 17.8 Å². The van der Waals surface area contributed by atoms with E-state index in [9.17, 15) is 9.59 Å². The van der Waals surface area contributed by atoms with Gasteiger partial charge in [-0.15, -0.1) is 0 Å². The van der Waals surface area contributed by atoms with Gasteiger partial charge < -0.3 is 20.3 Å². The van der Waals surface area contributed by atoms with Crippen LogP contribution in [0.15, 0.2) is 42.7 Å². The molecule has 8 heteroatoms. The summed E-state index contributed by atoms with van der Waals surface area (Å²) < 4.78 is 5.02. The Labute approximate surface area is 170 Å². The third-order valence-electron chi connectivity index (χ3n) is 4.82. The number of rotatable bonds is 7. The molecule has 0 saturated carbocycles. The van der Waals surface area contributed by atoms with Crippen LogP contribution in [0, 0.1) is 0 Å². The highest BCUT2D eigenvalue weighted by molar-refractivity contribution is 5.93. The van der Waals surface area contributed by atoms with Gasteiger partial charge in [-0.05, 0) is 31.7 Å². The number of hydrogen-bond donors (Lipinski definition) is 2. The standard InChI is InChI=1S/C21H27N5O3/c1-2-29-21(28)26-12-9-17(10-13-26)25-20(27)18-14-19(24-15-23-18)22-11-8-16-6-4-3-5-7-16/h3-7,14-15,17H,2,8-13H2,1H3,(H,25,27)(H,22,23,24). The van der Waals surface area contributed by atoms with Crippen LogP contribution in [0.3, 0.4) is 0 Å². The molecule has 0 bridgehead atoms. The number of hydrogen-bond acceptors (Lipinski definition) is 6. The molecule has 1 aromatic heterocycles. The van der Waals surface area contributed by atoms with Crippen molar-refractivity contribution in [2.45, 2.75) is 32.2 Å². The van der Waals surface area contributed by atoms with Crippen LogP contribution >= 0.6 is 0 Å². The maximum atomic E-state index is 12.5.